The lowest BCUT2D eigenvalue weighted by molar-refractivity contribution is -0.114. The van der Waals surface area contributed by atoms with Gasteiger partial charge in [-0.1, -0.05) is 40.0 Å². The number of hydrogen-bond donors (Lipinski definition) is 2. The standard InChI is InChI=1S/C37H60N2O/c1-26(25-40-21-8-6-12-28-22-30(38)24-31(39)23-28)10-9-11-27(2)33-16-17-34-32-15-14-29-13-5-7-19-36(29,3)35(32)18-20-37(33,34)4/h22-25,27,29,32-35H,5-21,38-39H2,1-4H3/t27-,29?,32+,33-,34+,35+,36+,37-/m1/s1. The summed E-state index contributed by atoms with van der Waals surface area (Å²) in [6, 6.07) is 5.87. The molecule has 0 radical (unpaired) electrons. The largest absolute Gasteiger partial charge is 0.501 e. The monoisotopic (exact) mass is 548 g/mol. The third-order valence-electron chi connectivity index (χ3n) is 12.9. The van der Waals surface area contributed by atoms with Crippen molar-refractivity contribution >= 4 is 11.4 Å². The molecule has 1 aromatic rings. The molecule has 1 unspecified atom stereocenters. The molecule has 4 N–H and O–H groups in total. The normalized spacial score (nSPS) is 36.4. The molecule has 4 fully saturated rings. The molecule has 0 amide bonds. The number of ether oxygens (including phenoxy) is 1. The minimum absolute atomic E-state index is 0.601. The number of unbranched alkanes of at least 4 members (excludes halogenated alkanes) is 1. The summed E-state index contributed by atoms with van der Waals surface area (Å²) >= 11 is 0. The van der Waals surface area contributed by atoms with Gasteiger partial charge in [0.2, 0.25) is 0 Å². The lowest BCUT2D eigenvalue weighted by Gasteiger charge is -2.61. The van der Waals surface area contributed by atoms with Gasteiger partial charge in [-0.25, -0.2) is 0 Å². The molecule has 3 heteroatoms. The molecule has 224 valence electrons. The van der Waals surface area contributed by atoms with Gasteiger partial charge >= 0.3 is 0 Å². The molecule has 0 aromatic heterocycles. The second kappa shape index (κ2) is 12.7. The second-order valence-corrected chi connectivity index (χ2v) is 15.3. The van der Waals surface area contributed by atoms with E-state index in [0.29, 0.717) is 10.8 Å². The van der Waals surface area contributed by atoms with Crippen LogP contribution in [0.4, 0.5) is 11.4 Å². The Morgan fingerprint density at radius 3 is 2.48 bits per heavy atom. The van der Waals surface area contributed by atoms with Crippen LogP contribution in [0.2, 0.25) is 0 Å². The van der Waals surface area contributed by atoms with Crippen molar-refractivity contribution < 1.29 is 4.74 Å². The first kappa shape index (κ1) is 29.8. The van der Waals surface area contributed by atoms with Gasteiger partial charge in [0.05, 0.1) is 12.9 Å². The van der Waals surface area contributed by atoms with Gasteiger partial charge < -0.3 is 16.2 Å². The van der Waals surface area contributed by atoms with Gasteiger partial charge in [-0.05, 0) is 166 Å². The van der Waals surface area contributed by atoms with Crippen molar-refractivity contribution in [3.63, 3.8) is 0 Å². The van der Waals surface area contributed by atoms with Gasteiger partial charge in [0, 0.05) is 11.4 Å². The molecule has 4 aliphatic rings. The zero-order chi connectivity index (χ0) is 28.3. The average molecular weight is 549 g/mol. The van der Waals surface area contributed by atoms with Gasteiger partial charge in [-0.2, -0.15) is 0 Å². The highest BCUT2D eigenvalue weighted by molar-refractivity contribution is 5.54. The maximum atomic E-state index is 5.91. The van der Waals surface area contributed by atoms with Gasteiger partial charge in [0.1, 0.15) is 0 Å². The molecule has 0 heterocycles. The van der Waals surface area contributed by atoms with E-state index in [1.54, 1.807) is 6.42 Å². The topological polar surface area (TPSA) is 61.3 Å². The molecule has 1 aromatic carbocycles. The summed E-state index contributed by atoms with van der Waals surface area (Å²) in [5, 5.41) is 0. The Hall–Kier alpha value is -1.64. The number of fused-ring (bicyclic) bond motifs is 5. The van der Waals surface area contributed by atoms with E-state index in [1.165, 1.54) is 88.2 Å². The summed E-state index contributed by atoms with van der Waals surface area (Å²) in [6.07, 6.45) is 24.2. The number of allylic oxidation sites excluding steroid dienone is 1. The number of nitrogen functional groups attached to an aromatic ring is 2. The number of rotatable bonds is 11. The first-order chi connectivity index (χ1) is 19.2. The number of nitrogens with two attached hydrogens (primary N) is 2. The van der Waals surface area contributed by atoms with Crippen molar-refractivity contribution in [1.29, 1.82) is 0 Å². The van der Waals surface area contributed by atoms with Crippen molar-refractivity contribution in [1.82, 2.24) is 0 Å². The highest BCUT2D eigenvalue weighted by atomic mass is 16.5. The third kappa shape index (κ3) is 6.24. The number of aryl methyl sites for hydroxylation is 1. The minimum Gasteiger partial charge on any atom is -0.501 e. The highest BCUT2D eigenvalue weighted by Crippen LogP contribution is 2.68. The minimum atomic E-state index is 0.601. The van der Waals surface area contributed by atoms with E-state index in [0.717, 1.165) is 72.8 Å². The van der Waals surface area contributed by atoms with Crippen LogP contribution in [-0.4, -0.2) is 6.61 Å². The third-order valence-corrected chi connectivity index (χ3v) is 12.9. The van der Waals surface area contributed by atoms with Crippen molar-refractivity contribution in [2.45, 2.75) is 130 Å². The van der Waals surface area contributed by atoms with Crippen molar-refractivity contribution in [3.05, 3.63) is 35.6 Å². The maximum Gasteiger partial charge on any atom is 0.0873 e. The lowest BCUT2D eigenvalue weighted by Crippen LogP contribution is -2.53. The Labute approximate surface area is 246 Å². The highest BCUT2D eigenvalue weighted by Gasteiger charge is 2.60. The van der Waals surface area contributed by atoms with Crippen LogP contribution in [0.3, 0.4) is 0 Å². The molecule has 0 saturated heterocycles. The van der Waals surface area contributed by atoms with Gasteiger partial charge in [0.25, 0.3) is 0 Å². The molecule has 0 aliphatic heterocycles. The first-order valence-corrected chi connectivity index (χ1v) is 17.1. The molecule has 8 atom stereocenters. The van der Waals surface area contributed by atoms with Gasteiger partial charge in [-0.3, -0.25) is 0 Å². The van der Waals surface area contributed by atoms with Crippen LogP contribution in [0.15, 0.2) is 30.0 Å². The van der Waals surface area contributed by atoms with E-state index >= 15 is 0 Å². The van der Waals surface area contributed by atoms with E-state index in [-0.39, 0.29) is 0 Å². The molecule has 5 rings (SSSR count). The zero-order valence-corrected chi connectivity index (χ0v) is 26.4. The van der Waals surface area contributed by atoms with Crippen molar-refractivity contribution in [3.8, 4) is 0 Å². The fraction of sp³-hybridized carbons (Fsp3) is 0.784. The molecular formula is C37H60N2O. The van der Waals surface area contributed by atoms with Gasteiger partial charge in [-0.15, -0.1) is 0 Å². The lowest BCUT2D eigenvalue weighted by atomic mass is 9.44. The Bertz CT molecular complexity index is 997. The summed E-state index contributed by atoms with van der Waals surface area (Å²) in [6.45, 7) is 11.1. The maximum absolute atomic E-state index is 5.91. The van der Waals surface area contributed by atoms with Crippen LogP contribution >= 0.6 is 0 Å². The smallest absolute Gasteiger partial charge is 0.0873 e. The Balaban J connectivity index is 1.03. The molecule has 0 spiro atoms. The van der Waals surface area contributed by atoms with Crippen LogP contribution in [0, 0.1) is 46.3 Å². The molecule has 0 bridgehead atoms. The summed E-state index contributed by atoms with van der Waals surface area (Å²) in [5.41, 5.74) is 17.2. The quantitative estimate of drug-likeness (QED) is 0.164. The number of benzene rings is 1. The van der Waals surface area contributed by atoms with Crippen LogP contribution in [-0.2, 0) is 11.2 Å². The number of anilines is 2. The predicted octanol–water partition coefficient (Wildman–Crippen LogP) is 9.95. The fourth-order valence-corrected chi connectivity index (χ4v) is 10.8. The van der Waals surface area contributed by atoms with E-state index < -0.39 is 0 Å². The van der Waals surface area contributed by atoms with Crippen LogP contribution in [0.1, 0.15) is 130 Å². The Morgan fingerprint density at radius 2 is 1.68 bits per heavy atom. The number of hydrogen-bond acceptors (Lipinski definition) is 3. The SMILES string of the molecule is CC(=COCCCCc1cc(N)cc(N)c1)CCC[C@@H](C)[C@H]1CC[C@H]2[C@@H]3CCC4CCCC[C@]4(C)[C@H]3CC[C@]12C. The summed E-state index contributed by atoms with van der Waals surface area (Å²) in [7, 11) is 0. The van der Waals surface area contributed by atoms with Crippen LogP contribution in [0.25, 0.3) is 0 Å². The fourth-order valence-electron chi connectivity index (χ4n) is 10.8. The van der Waals surface area contributed by atoms with E-state index in [4.69, 9.17) is 16.2 Å². The van der Waals surface area contributed by atoms with E-state index in [2.05, 4.69) is 27.7 Å². The van der Waals surface area contributed by atoms with Gasteiger partial charge in [0.15, 0.2) is 0 Å². The molecule has 40 heavy (non-hydrogen) atoms. The first-order valence-electron chi connectivity index (χ1n) is 17.1. The summed E-state index contributed by atoms with van der Waals surface area (Å²) < 4.78 is 5.91. The van der Waals surface area contributed by atoms with Crippen LogP contribution in [0.5, 0.6) is 0 Å². The predicted molar refractivity (Wildman–Crippen MR) is 171 cm³/mol. The molecule has 3 nitrogen and oxygen atoms in total. The van der Waals surface area contributed by atoms with E-state index in [9.17, 15) is 0 Å². The molecule has 4 saturated carbocycles. The Kier molecular flexibility index (Phi) is 9.47. The average Bonchev–Trinajstić information content (AvgIpc) is 3.27. The molecular weight excluding hydrogens is 488 g/mol. The molecule has 4 aliphatic carbocycles. The summed E-state index contributed by atoms with van der Waals surface area (Å²) in [5.74, 6) is 5.89. The van der Waals surface area contributed by atoms with Crippen LogP contribution < -0.4 is 11.5 Å². The van der Waals surface area contributed by atoms with Crippen molar-refractivity contribution in [2.24, 2.45) is 46.3 Å². The van der Waals surface area contributed by atoms with Crippen molar-refractivity contribution in [2.75, 3.05) is 18.1 Å². The Morgan fingerprint density at radius 1 is 0.900 bits per heavy atom. The zero-order valence-electron chi connectivity index (χ0n) is 26.4. The second-order valence-electron chi connectivity index (χ2n) is 15.3. The summed E-state index contributed by atoms with van der Waals surface area (Å²) in [4.78, 5) is 0. The van der Waals surface area contributed by atoms with E-state index in [1.807, 2.05) is 24.5 Å².